The summed E-state index contributed by atoms with van der Waals surface area (Å²) in [5, 5.41) is 0. The number of dihydropyridines is 1. The Hall–Kier alpha value is -0.630. The number of carbonyl (C=O) groups excluding carboxylic acids is 1. The van der Waals surface area contributed by atoms with Crippen molar-refractivity contribution >= 4 is 23.6 Å². The van der Waals surface area contributed by atoms with Crippen molar-refractivity contribution in [2.45, 2.75) is 102 Å². The van der Waals surface area contributed by atoms with Gasteiger partial charge in [0.1, 0.15) is 6.04 Å². The maximum absolute atomic E-state index is 11.6. The molecule has 0 aromatic carbocycles. The molecule has 0 aromatic rings. The minimum Gasteiger partial charge on any atom is -0.292 e. The Morgan fingerprint density at radius 3 is 1.67 bits per heavy atom. The van der Waals surface area contributed by atoms with E-state index in [1.807, 2.05) is 0 Å². The van der Waals surface area contributed by atoms with Crippen molar-refractivity contribution in [3.63, 3.8) is 0 Å². The molecule has 1 atom stereocenters. The highest BCUT2D eigenvalue weighted by atomic mass is 35.5. The zero-order valence-corrected chi connectivity index (χ0v) is 16.1. The Labute approximate surface area is 154 Å². The third kappa shape index (κ3) is 11.8. The minimum atomic E-state index is -0.0927. The van der Waals surface area contributed by atoms with Crippen LogP contribution in [0.2, 0.25) is 0 Å². The van der Waals surface area contributed by atoms with Gasteiger partial charge in [-0.2, -0.15) is 0 Å². The van der Waals surface area contributed by atoms with Gasteiger partial charge in [0.2, 0.25) is 0 Å². The van der Waals surface area contributed by atoms with Crippen LogP contribution in [0.4, 0.5) is 0 Å². The van der Waals surface area contributed by atoms with Crippen LogP contribution in [0.3, 0.4) is 0 Å². The van der Waals surface area contributed by atoms with Crippen molar-refractivity contribution in [1.29, 1.82) is 0 Å². The highest BCUT2D eigenvalue weighted by molar-refractivity contribution is 6.17. The normalized spacial score (nSPS) is 16.9. The van der Waals surface area contributed by atoms with Gasteiger partial charge in [-0.25, -0.2) is 0 Å². The van der Waals surface area contributed by atoms with Crippen molar-refractivity contribution in [3.05, 3.63) is 12.2 Å². The fourth-order valence-corrected chi connectivity index (χ4v) is 3.44. The molecule has 1 heterocycles. The third-order valence-corrected chi connectivity index (χ3v) is 5.07. The van der Waals surface area contributed by atoms with E-state index in [0.29, 0.717) is 0 Å². The van der Waals surface area contributed by atoms with E-state index in [1.165, 1.54) is 83.5 Å². The topological polar surface area (TPSA) is 29.4 Å². The molecule has 0 bridgehead atoms. The highest BCUT2D eigenvalue weighted by Gasteiger charge is 2.14. The minimum absolute atomic E-state index is 0.0927. The van der Waals surface area contributed by atoms with Crippen LogP contribution in [0.25, 0.3) is 0 Å². The van der Waals surface area contributed by atoms with E-state index >= 15 is 0 Å². The first-order chi connectivity index (χ1) is 11.8. The molecule has 0 aliphatic carbocycles. The van der Waals surface area contributed by atoms with Crippen LogP contribution in [0.15, 0.2) is 17.1 Å². The predicted molar refractivity (Wildman–Crippen MR) is 106 cm³/mol. The lowest BCUT2D eigenvalue weighted by atomic mass is 10.0. The fraction of sp³-hybridized carbons (Fsp3) is 0.810. The van der Waals surface area contributed by atoms with Gasteiger partial charge >= 0.3 is 0 Å². The highest BCUT2D eigenvalue weighted by Crippen LogP contribution is 2.15. The number of hydrogen-bond acceptors (Lipinski definition) is 2. The Bertz CT molecular complexity index is 365. The second-order valence-electron chi connectivity index (χ2n) is 7.00. The number of unbranched alkanes of at least 4 members (excludes halogenated alkanes) is 13. The number of nitrogens with zero attached hydrogens (tertiary/aromatic N) is 1. The summed E-state index contributed by atoms with van der Waals surface area (Å²) in [6.07, 6.45) is 24.7. The summed E-state index contributed by atoms with van der Waals surface area (Å²) in [5.41, 5.74) is 0. The van der Waals surface area contributed by atoms with E-state index in [4.69, 9.17) is 11.6 Å². The number of halogens is 1. The molecule has 138 valence electrons. The second-order valence-corrected chi connectivity index (χ2v) is 7.38. The van der Waals surface area contributed by atoms with Gasteiger partial charge in [0.05, 0.1) is 0 Å². The molecule has 0 fully saturated rings. The van der Waals surface area contributed by atoms with Crippen LogP contribution in [0.1, 0.15) is 96.3 Å². The maximum atomic E-state index is 11.6. The van der Waals surface area contributed by atoms with Gasteiger partial charge in [-0.05, 0) is 25.0 Å². The number of aliphatic imine (C=N–C) groups is 1. The van der Waals surface area contributed by atoms with E-state index < -0.39 is 0 Å². The van der Waals surface area contributed by atoms with Gasteiger partial charge in [0.15, 0.2) is 5.78 Å². The first kappa shape index (κ1) is 21.4. The molecule has 0 radical (unpaired) electrons. The monoisotopic (exact) mass is 353 g/mol. The van der Waals surface area contributed by atoms with Crippen molar-refractivity contribution in [1.82, 2.24) is 0 Å². The Morgan fingerprint density at radius 2 is 1.21 bits per heavy atom. The molecule has 0 N–H and O–H groups in total. The summed E-state index contributed by atoms with van der Waals surface area (Å²) in [6, 6.07) is -0.0927. The van der Waals surface area contributed by atoms with Gasteiger partial charge in [-0.1, -0.05) is 83.5 Å². The lowest BCUT2D eigenvalue weighted by molar-refractivity contribution is -0.115. The number of alkyl halides is 1. The van der Waals surface area contributed by atoms with Gasteiger partial charge in [-0.15, -0.1) is 11.6 Å². The molecule has 0 spiro atoms. The molecule has 0 aromatic heterocycles. The summed E-state index contributed by atoms with van der Waals surface area (Å²) in [4.78, 5) is 15.8. The third-order valence-electron chi connectivity index (χ3n) is 4.80. The number of allylic oxidation sites excluding steroid dienone is 1. The number of ketones is 1. The molecule has 0 saturated carbocycles. The summed E-state index contributed by atoms with van der Waals surface area (Å²) in [5.74, 6) is 1.00. The molecule has 3 heteroatoms. The fourth-order valence-electron chi connectivity index (χ4n) is 3.25. The van der Waals surface area contributed by atoms with E-state index in [9.17, 15) is 4.79 Å². The number of rotatable bonds is 16. The smallest absolute Gasteiger partial charge is 0.180 e. The van der Waals surface area contributed by atoms with E-state index in [-0.39, 0.29) is 11.8 Å². The average Bonchev–Trinajstić information content (AvgIpc) is 2.60. The summed E-state index contributed by atoms with van der Waals surface area (Å²) in [7, 11) is 0. The van der Waals surface area contributed by atoms with Gasteiger partial charge in [0.25, 0.3) is 0 Å². The molecular formula is C21H36ClNO. The first-order valence-corrected chi connectivity index (χ1v) is 10.7. The van der Waals surface area contributed by atoms with E-state index in [1.54, 1.807) is 18.4 Å². The molecule has 2 nitrogen and oxygen atoms in total. The first-order valence-electron chi connectivity index (χ1n) is 10.1. The maximum Gasteiger partial charge on any atom is 0.180 e. The standard InChI is InChI=1S/C21H36ClNO/c22-18-14-12-10-8-6-4-2-1-3-5-7-9-11-13-16-20-21(24)17-15-19-23-20/h15,17,19-20H,1-14,16,18H2. The molecule has 1 aliphatic heterocycles. The molecular weight excluding hydrogens is 318 g/mol. The Morgan fingerprint density at radius 1 is 0.750 bits per heavy atom. The average molecular weight is 354 g/mol. The molecule has 0 amide bonds. The van der Waals surface area contributed by atoms with Gasteiger partial charge < -0.3 is 0 Å². The largest absolute Gasteiger partial charge is 0.292 e. The molecule has 1 aliphatic rings. The van der Waals surface area contributed by atoms with Crippen LogP contribution in [-0.2, 0) is 4.79 Å². The summed E-state index contributed by atoms with van der Waals surface area (Å²) < 4.78 is 0. The van der Waals surface area contributed by atoms with Crippen LogP contribution >= 0.6 is 11.6 Å². The molecule has 1 unspecified atom stereocenters. The van der Waals surface area contributed by atoms with Crippen LogP contribution in [0.5, 0.6) is 0 Å². The van der Waals surface area contributed by atoms with Crippen LogP contribution < -0.4 is 0 Å². The van der Waals surface area contributed by atoms with Crippen LogP contribution in [0, 0.1) is 0 Å². The van der Waals surface area contributed by atoms with Crippen molar-refractivity contribution in [2.75, 3.05) is 5.88 Å². The summed E-state index contributed by atoms with van der Waals surface area (Å²) >= 11 is 5.67. The van der Waals surface area contributed by atoms with Crippen molar-refractivity contribution < 1.29 is 4.79 Å². The van der Waals surface area contributed by atoms with Crippen LogP contribution in [-0.4, -0.2) is 23.9 Å². The quantitative estimate of drug-likeness (QED) is 0.225. The van der Waals surface area contributed by atoms with Crippen molar-refractivity contribution in [2.24, 2.45) is 4.99 Å². The van der Waals surface area contributed by atoms with Gasteiger partial charge in [-0.3, -0.25) is 9.79 Å². The lowest BCUT2D eigenvalue weighted by Crippen LogP contribution is -2.18. The summed E-state index contributed by atoms with van der Waals surface area (Å²) in [6.45, 7) is 0. The SMILES string of the molecule is O=C1C=CC=NC1CCCCCCCCCCCCCCCCCl. The zero-order valence-electron chi connectivity index (χ0n) is 15.4. The Balaban J connectivity index is 1.74. The second kappa shape index (κ2) is 15.9. The zero-order chi connectivity index (χ0) is 17.3. The number of carbonyl (C=O) groups is 1. The predicted octanol–water partition coefficient (Wildman–Crippen LogP) is 6.66. The van der Waals surface area contributed by atoms with Crippen molar-refractivity contribution in [3.8, 4) is 0 Å². The molecule has 1 rings (SSSR count). The number of hydrogen-bond donors (Lipinski definition) is 0. The molecule has 24 heavy (non-hydrogen) atoms. The van der Waals surface area contributed by atoms with E-state index in [0.717, 1.165) is 18.7 Å². The lowest BCUT2D eigenvalue weighted by Gasteiger charge is -2.10. The van der Waals surface area contributed by atoms with E-state index in [2.05, 4.69) is 4.99 Å². The molecule has 0 saturated heterocycles. The Kier molecular flexibility index (Phi) is 14.2. The van der Waals surface area contributed by atoms with Gasteiger partial charge in [0, 0.05) is 12.1 Å².